The lowest BCUT2D eigenvalue weighted by atomic mass is 10.1. The van der Waals surface area contributed by atoms with E-state index in [0.717, 1.165) is 25.7 Å². The van der Waals surface area contributed by atoms with Crippen LogP contribution in [0.4, 0.5) is 0 Å². The Morgan fingerprint density at radius 2 is 2.20 bits per heavy atom. The molecule has 0 saturated heterocycles. The van der Waals surface area contributed by atoms with Crippen LogP contribution in [0, 0.1) is 5.92 Å². The highest BCUT2D eigenvalue weighted by atomic mass is 32.1. The van der Waals surface area contributed by atoms with E-state index in [1.54, 1.807) is 11.3 Å². The van der Waals surface area contributed by atoms with Crippen molar-refractivity contribution in [1.82, 2.24) is 5.32 Å². The molecule has 4 heteroatoms. The second kappa shape index (κ2) is 5.94. The summed E-state index contributed by atoms with van der Waals surface area (Å²) in [6.45, 7) is 0.714. The molecule has 0 aliphatic heterocycles. The van der Waals surface area contributed by atoms with Crippen LogP contribution in [-0.2, 0) is 11.2 Å². The Kier molecular flexibility index (Phi) is 4.03. The lowest BCUT2D eigenvalue weighted by Gasteiger charge is -2.10. The fourth-order valence-corrected chi connectivity index (χ4v) is 3.94. The van der Waals surface area contributed by atoms with Crippen molar-refractivity contribution >= 4 is 27.3 Å². The Bertz CT molecular complexity index is 607. The predicted molar refractivity (Wildman–Crippen MR) is 83.9 cm³/mol. The van der Waals surface area contributed by atoms with E-state index in [9.17, 15) is 4.79 Å². The van der Waals surface area contributed by atoms with Crippen LogP contribution in [0.1, 0.15) is 24.8 Å². The van der Waals surface area contributed by atoms with Crippen LogP contribution in [0.25, 0.3) is 10.1 Å². The molecule has 1 amide bonds. The van der Waals surface area contributed by atoms with Crippen LogP contribution in [0.5, 0.6) is 0 Å². The number of carbonyl (C=O) groups is 1. The summed E-state index contributed by atoms with van der Waals surface area (Å²) < 4.78 is 1.32. The van der Waals surface area contributed by atoms with Gasteiger partial charge in [-0.1, -0.05) is 18.2 Å². The monoisotopic (exact) mass is 288 g/mol. The first-order valence-electron chi connectivity index (χ1n) is 7.22. The summed E-state index contributed by atoms with van der Waals surface area (Å²) in [6.07, 6.45) is 3.66. The van der Waals surface area contributed by atoms with Crippen molar-refractivity contribution in [2.75, 3.05) is 6.54 Å². The third kappa shape index (κ3) is 2.86. The van der Waals surface area contributed by atoms with Gasteiger partial charge in [0.1, 0.15) is 0 Å². The molecule has 1 saturated carbocycles. The Morgan fingerprint density at radius 1 is 1.35 bits per heavy atom. The summed E-state index contributed by atoms with van der Waals surface area (Å²) in [4.78, 5) is 12.0. The summed E-state index contributed by atoms with van der Waals surface area (Å²) in [5.74, 6) is 0.307. The van der Waals surface area contributed by atoms with Gasteiger partial charge in [-0.25, -0.2) is 0 Å². The molecule has 3 nitrogen and oxygen atoms in total. The largest absolute Gasteiger partial charge is 0.356 e. The van der Waals surface area contributed by atoms with Gasteiger partial charge >= 0.3 is 0 Å². The van der Waals surface area contributed by atoms with E-state index in [1.807, 2.05) is 0 Å². The van der Waals surface area contributed by atoms with E-state index in [4.69, 9.17) is 5.73 Å². The number of nitrogens with two attached hydrogens (primary N) is 1. The molecule has 0 radical (unpaired) electrons. The molecule has 1 aromatic carbocycles. The van der Waals surface area contributed by atoms with Crippen LogP contribution in [0.3, 0.4) is 0 Å². The lowest BCUT2D eigenvalue weighted by molar-refractivity contribution is -0.124. The van der Waals surface area contributed by atoms with Gasteiger partial charge in [0.25, 0.3) is 0 Å². The van der Waals surface area contributed by atoms with Crippen molar-refractivity contribution < 1.29 is 4.79 Å². The molecule has 3 N–H and O–H groups in total. The van der Waals surface area contributed by atoms with Gasteiger partial charge in [-0.3, -0.25) is 4.79 Å². The normalized spacial score (nSPS) is 22.2. The van der Waals surface area contributed by atoms with Crippen molar-refractivity contribution in [3.63, 3.8) is 0 Å². The SMILES string of the molecule is NC1CCC(C(=O)NCCc2csc3ccccc23)C1. The van der Waals surface area contributed by atoms with Crippen LogP contribution < -0.4 is 11.1 Å². The smallest absolute Gasteiger partial charge is 0.223 e. The van der Waals surface area contributed by atoms with Crippen LogP contribution in [-0.4, -0.2) is 18.5 Å². The molecule has 2 unspecified atom stereocenters. The Labute approximate surface area is 123 Å². The van der Waals surface area contributed by atoms with E-state index in [1.165, 1.54) is 15.6 Å². The number of amides is 1. The maximum Gasteiger partial charge on any atom is 0.223 e. The minimum atomic E-state index is 0.129. The molecule has 1 heterocycles. The number of hydrogen-bond donors (Lipinski definition) is 2. The molecule has 1 aliphatic carbocycles. The first-order valence-corrected chi connectivity index (χ1v) is 8.10. The van der Waals surface area contributed by atoms with Gasteiger partial charge < -0.3 is 11.1 Å². The number of thiophene rings is 1. The molecule has 106 valence electrons. The van der Waals surface area contributed by atoms with Crippen molar-refractivity contribution in [2.24, 2.45) is 11.7 Å². The molecule has 0 bridgehead atoms. The summed E-state index contributed by atoms with van der Waals surface area (Å²) in [5.41, 5.74) is 7.18. The Morgan fingerprint density at radius 3 is 3.00 bits per heavy atom. The highest BCUT2D eigenvalue weighted by molar-refractivity contribution is 7.17. The zero-order chi connectivity index (χ0) is 13.9. The molecule has 2 aromatic rings. The summed E-state index contributed by atoms with van der Waals surface area (Å²) >= 11 is 1.77. The van der Waals surface area contributed by atoms with Gasteiger partial charge in [0.05, 0.1) is 0 Å². The summed E-state index contributed by atoms with van der Waals surface area (Å²) in [5, 5.41) is 6.57. The summed E-state index contributed by atoms with van der Waals surface area (Å²) in [6, 6.07) is 8.64. The maximum atomic E-state index is 12.0. The van der Waals surface area contributed by atoms with E-state index in [-0.39, 0.29) is 17.9 Å². The second-order valence-electron chi connectivity index (χ2n) is 5.57. The molecule has 3 rings (SSSR count). The minimum absolute atomic E-state index is 0.129. The molecule has 1 aromatic heterocycles. The number of hydrogen-bond acceptors (Lipinski definition) is 3. The highest BCUT2D eigenvalue weighted by Gasteiger charge is 2.27. The third-order valence-corrected chi connectivity index (χ3v) is 5.11. The highest BCUT2D eigenvalue weighted by Crippen LogP contribution is 2.26. The first kappa shape index (κ1) is 13.6. The van der Waals surface area contributed by atoms with Crippen molar-refractivity contribution in [1.29, 1.82) is 0 Å². The van der Waals surface area contributed by atoms with Gasteiger partial charge in [0.2, 0.25) is 5.91 Å². The third-order valence-electron chi connectivity index (χ3n) is 4.10. The molecule has 20 heavy (non-hydrogen) atoms. The maximum absolute atomic E-state index is 12.0. The fraction of sp³-hybridized carbons (Fsp3) is 0.438. The zero-order valence-electron chi connectivity index (χ0n) is 11.5. The lowest BCUT2D eigenvalue weighted by Crippen LogP contribution is -2.31. The van der Waals surface area contributed by atoms with Crippen molar-refractivity contribution in [3.05, 3.63) is 35.2 Å². The Balaban J connectivity index is 1.54. The first-order chi connectivity index (χ1) is 9.74. The average molecular weight is 288 g/mol. The molecule has 0 spiro atoms. The number of fused-ring (bicyclic) bond motifs is 1. The second-order valence-corrected chi connectivity index (χ2v) is 6.48. The standard InChI is InChI=1S/C16H20N2OS/c17-13-6-5-11(9-13)16(19)18-8-7-12-10-20-15-4-2-1-3-14(12)15/h1-4,10-11,13H,5-9,17H2,(H,18,19). The molecular weight excluding hydrogens is 268 g/mol. The van der Waals surface area contributed by atoms with Crippen LogP contribution in [0.2, 0.25) is 0 Å². The van der Waals surface area contributed by atoms with Gasteiger partial charge in [0, 0.05) is 23.2 Å². The summed E-state index contributed by atoms with van der Waals surface area (Å²) in [7, 11) is 0. The van der Waals surface area contributed by atoms with Crippen molar-refractivity contribution in [3.8, 4) is 0 Å². The van der Waals surface area contributed by atoms with E-state index in [2.05, 4.69) is 35.0 Å². The minimum Gasteiger partial charge on any atom is -0.356 e. The predicted octanol–water partition coefficient (Wildman–Crippen LogP) is 2.69. The van der Waals surface area contributed by atoms with E-state index < -0.39 is 0 Å². The molecule has 2 atom stereocenters. The molecule has 1 fully saturated rings. The van der Waals surface area contributed by atoms with Crippen LogP contribution in [0.15, 0.2) is 29.6 Å². The van der Waals surface area contributed by atoms with Crippen LogP contribution >= 0.6 is 11.3 Å². The number of carbonyl (C=O) groups excluding carboxylic acids is 1. The average Bonchev–Trinajstić information content (AvgIpc) is 3.06. The van der Waals surface area contributed by atoms with Gasteiger partial charge in [0.15, 0.2) is 0 Å². The number of benzene rings is 1. The number of rotatable bonds is 4. The van der Waals surface area contributed by atoms with E-state index in [0.29, 0.717) is 6.54 Å². The topological polar surface area (TPSA) is 55.1 Å². The van der Waals surface area contributed by atoms with Crippen molar-refractivity contribution in [2.45, 2.75) is 31.7 Å². The molecular formula is C16H20N2OS. The number of nitrogens with one attached hydrogen (secondary N) is 1. The Hall–Kier alpha value is -1.39. The van der Waals surface area contributed by atoms with E-state index >= 15 is 0 Å². The van der Waals surface area contributed by atoms with Gasteiger partial charge in [-0.2, -0.15) is 0 Å². The fourth-order valence-electron chi connectivity index (χ4n) is 2.95. The van der Waals surface area contributed by atoms with Gasteiger partial charge in [-0.05, 0) is 48.1 Å². The zero-order valence-corrected chi connectivity index (χ0v) is 12.3. The van der Waals surface area contributed by atoms with Gasteiger partial charge in [-0.15, -0.1) is 11.3 Å². The molecule has 1 aliphatic rings. The quantitative estimate of drug-likeness (QED) is 0.909.